The number of anilines is 1. The minimum absolute atomic E-state index is 0.294. The Morgan fingerprint density at radius 2 is 1.95 bits per heavy atom. The van der Waals surface area contributed by atoms with Gasteiger partial charge in [-0.05, 0) is 45.6 Å². The fourth-order valence-corrected chi connectivity index (χ4v) is 3.21. The number of esters is 1. The first-order chi connectivity index (χ1) is 10.5. The van der Waals surface area contributed by atoms with Gasteiger partial charge in [0.05, 0.1) is 3.79 Å². The quantitative estimate of drug-likeness (QED) is 0.779. The van der Waals surface area contributed by atoms with Crippen molar-refractivity contribution < 1.29 is 14.3 Å². The highest BCUT2D eigenvalue weighted by Gasteiger charge is 2.14. The average molecular weight is 382 g/mol. The van der Waals surface area contributed by atoms with Crippen LogP contribution in [0.25, 0.3) is 0 Å². The van der Waals surface area contributed by atoms with E-state index in [-0.39, 0.29) is 12.5 Å². The van der Waals surface area contributed by atoms with Crippen molar-refractivity contribution in [1.82, 2.24) is 0 Å². The first-order valence-electron chi connectivity index (χ1n) is 6.78. The Hall–Kier alpha value is -1.66. The number of carbonyl (C=O) groups is 2. The molecule has 0 spiro atoms. The van der Waals surface area contributed by atoms with Crippen LogP contribution in [0.15, 0.2) is 40.2 Å². The van der Waals surface area contributed by atoms with Gasteiger partial charge < -0.3 is 10.1 Å². The maximum Gasteiger partial charge on any atom is 0.348 e. The van der Waals surface area contributed by atoms with Gasteiger partial charge in [0.2, 0.25) is 0 Å². The summed E-state index contributed by atoms with van der Waals surface area (Å²) in [7, 11) is 0. The van der Waals surface area contributed by atoms with E-state index in [1.807, 2.05) is 24.3 Å². The predicted molar refractivity (Wildman–Crippen MR) is 91.5 cm³/mol. The lowest BCUT2D eigenvalue weighted by atomic mass is 10.0. The minimum atomic E-state index is -0.497. The van der Waals surface area contributed by atoms with Crippen molar-refractivity contribution in [2.75, 3.05) is 11.9 Å². The number of carbonyl (C=O) groups excluding carboxylic acids is 2. The average Bonchev–Trinajstić information content (AvgIpc) is 2.92. The second kappa shape index (κ2) is 7.56. The van der Waals surface area contributed by atoms with E-state index in [4.69, 9.17) is 4.74 Å². The SMILES string of the molecule is CC(C)c1ccccc1NC(=O)COC(=O)c1ccc(Br)s1. The maximum absolute atomic E-state index is 11.9. The number of nitrogens with one attached hydrogen (secondary N) is 1. The lowest BCUT2D eigenvalue weighted by Gasteiger charge is -2.13. The molecule has 0 bridgehead atoms. The molecule has 1 amide bonds. The normalized spacial score (nSPS) is 10.5. The molecular weight excluding hydrogens is 366 g/mol. The molecule has 0 atom stereocenters. The van der Waals surface area contributed by atoms with Crippen LogP contribution in [-0.4, -0.2) is 18.5 Å². The third kappa shape index (κ3) is 4.42. The van der Waals surface area contributed by atoms with Crippen LogP contribution in [0, 0.1) is 0 Å². The van der Waals surface area contributed by atoms with Crippen LogP contribution in [0.2, 0.25) is 0 Å². The number of benzene rings is 1. The number of thiophene rings is 1. The first-order valence-corrected chi connectivity index (χ1v) is 8.39. The van der Waals surface area contributed by atoms with E-state index < -0.39 is 5.97 Å². The Bertz CT molecular complexity index is 682. The molecule has 2 aromatic rings. The van der Waals surface area contributed by atoms with Crippen molar-refractivity contribution in [3.8, 4) is 0 Å². The fourth-order valence-electron chi connectivity index (χ4n) is 1.93. The van der Waals surface area contributed by atoms with Gasteiger partial charge in [-0.25, -0.2) is 4.79 Å². The van der Waals surface area contributed by atoms with E-state index in [2.05, 4.69) is 35.1 Å². The summed E-state index contributed by atoms with van der Waals surface area (Å²) >= 11 is 4.55. The van der Waals surface area contributed by atoms with Crippen molar-refractivity contribution in [1.29, 1.82) is 0 Å². The summed E-state index contributed by atoms with van der Waals surface area (Å²) < 4.78 is 5.86. The highest BCUT2D eigenvalue weighted by molar-refractivity contribution is 9.11. The molecule has 1 aromatic carbocycles. The van der Waals surface area contributed by atoms with Crippen LogP contribution in [0.4, 0.5) is 5.69 Å². The largest absolute Gasteiger partial charge is 0.451 e. The molecule has 0 aliphatic rings. The maximum atomic E-state index is 11.9. The number of para-hydroxylation sites is 1. The van der Waals surface area contributed by atoms with Gasteiger partial charge in [0.1, 0.15) is 4.88 Å². The highest BCUT2D eigenvalue weighted by atomic mass is 79.9. The summed E-state index contributed by atoms with van der Waals surface area (Å²) in [5, 5.41) is 2.78. The number of halogens is 1. The Morgan fingerprint density at radius 3 is 2.59 bits per heavy atom. The molecule has 0 unspecified atom stereocenters. The highest BCUT2D eigenvalue weighted by Crippen LogP contribution is 2.24. The van der Waals surface area contributed by atoms with Gasteiger partial charge >= 0.3 is 5.97 Å². The number of amides is 1. The molecule has 6 heteroatoms. The molecule has 116 valence electrons. The van der Waals surface area contributed by atoms with Gasteiger partial charge in [0, 0.05) is 5.69 Å². The molecule has 1 heterocycles. The molecular formula is C16H16BrNO3S. The summed E-state index contributed by atoms with van der Waals surface area (Å²) in [6.07, 6.45) is 0. The van der Waals surface area contributed by atoms with Gasteiger partial charge in [-0.3, -0.25) is 4.79 Å². The molecule has 0 saturated heterocycles. The van der Waals surface area contributed by atoms with Gasteiger partial charge in [-0.2, -0.15) is 0 Å². The van der Waals surface area contributed by atoms with E-state index in [0.717, 1.165) is 15.0 Å². The second-order valence-electron chi connectivity index (χ2n) is 4.97. The molecule has 0 radical (unpaired) electrons. The molecule has 1 N–H and O–H groups in total. The number of hydrogen-bond acceptors (Lipinski definition) is 4. The van der Waals surface area contributed by atoms with Gasteiger partial charge in [-0.15, -0.1) is 11.3 Å². The summed E-state index contributed by atoms with van der Waals surface area (Å²) in [4.78, 5) is 24.2. The van der Waals surface area contributed by atoms with Gasteiger partial charge in [0.25, 0.3) is 5.91 Å². The summed E-state index contributed by atoms with van der Waals surface area (Å²) in [6.45, 7) is 3.81. The molecule has 22 heavy (non-hydrogen) atoms. The van der Waals surface area contributed by atoms with Gasteiger partial charge in [-0.1, -0.05) is 32.0 Å². The molecule has 0 saturated carbocycles. The van der Waals surface area contributed by atoms with Crippen molar-refractivity contribution in [3.05, 3.63) is 50.6 Å². The Labute approximate surface area is 141 Å². The van der Waals surface area contributed by atoms with Crippen LogP contribution in [0.5, 0.6) is 0 Å². The number of ether oxygens (including phenoxy) is 1. The Kier molecular flexibility index (Phi) is 5.74. The first kappa shape index (κ1) is 16.7. The Balaban J connectivity index is 1.92. The second-order valence-corrected chi connectivity index (χ2v) is 7.43. The molecule has 0 aliphatic heterocycles. The fraction of sp³-hybridized carbons (Fsp3) is 0.250. The zero-order valence-corrected chi connectivity index (χ0v) is 14.7. The van der Waals surface area contributed by atoms with Crippen LogP contribution >= 0.6 is 27.3 Å². The van der Waals surface area contributed by atoms with E-state index in [9.17, 15) is 9.59 Å². The smallest absolute Gasteiger partial charge is 0.348 e. The van der Waals surface area contributed by atoms with Crippen molar-refractivity contribution in [2.24, 2.45) is 0 Å². The third-order valence-corrected chi connectivity index (χ3v) is 4.57. The summed E-state index contributed by atoms with van der Waals surface area (Å²) in [6, 6.07) is 11.0. The molecule has 1 aromatic heterocycles. The lowest BCUT2D eigenvalue weighted by molar-refractivity contribution is -0.119. The topological polar surface area (TPSA) is 55.4 Å². The third-order valence-electron chi connectivity index (χ3n) is 2.97. The van der Waals surface area contributed by atoms with E-state index >= 15 is 0 Å². The van der Waals surface area contributed by atoms with E-state index in [1.165, 1.54) is 11.3 Å². The molecule has 0 aliphatic carbocycles. The predicted octanol–water partition coefficient (Wildman–Crippen LogP) is 4.43. The minimum Gasteiger partial charge on any atom is -0.451 e. The number of rotatable bonds is 5. The summed E-state index contributed by atoms with van der Waals surface area (Å²) in [5.41, 5.74) is 1.79. The van der Waals surface area contributed by atoms with Gasteiger partial charge in [0.15, 0.2) is 6.61 Å². The Morgan fingerprint density at radius 1 is 1.23 bits per heavy atom. The zero-order chi connectivity index (χ0) is 16.1. The molecule has 4 nitrogen and oxygen atoms in total. The van der Waals surface area contributed by atoms with Crippen molar-refractivity contribution >= 4 is 44.8 Å². The monoisotopic (exact) mass is 381 g/mol. The van der Waals surface area contributed by atoms with Crippen LogP contribution in [0.1, 0.15) is 35.0 Å². The van der Waals surface area contributed by atoms with E-state index in [1.54, 1.807) is 12.1 Å². The van der Waals surface area contributed by atoms with Crippen molar-refractivity contribution in [2.45, 2.75) is 19.8 Å². The van der Waals surface area contributed by atoms with Crippen LogP contribution in [0.3, 0.4) is 0 Å². The zero-order valence-electron chi connectivity index (χ0n) is 12.3. The standard InChI is InChI=1S/C16H16BrNO3S/c1-10(2)11-5-3-4-6-12(11)18-15(19)9-21-16(20)13-7-8-14(17)22-13/h3-8,10H,9H2,1-2H3,(H,18,19). The van der Waals surface area contributed by atoms with Crippen LogP contribution in [-0.2, 0) is 9.53 Å². The van der Waals surface area contributed by atoms with Crippen molar-refractivity contribution in [3.63, 3.8) is 0 Å². The molecule has 0 fully saturated rings. The van der Waals surface area contributed by atoms with Crippen LogP contribution < -0.4 is 5.32 Å². The molecule has 2 rings (SSSR count). The van der Waals surface area contributed by atoms with E-state index in [0.29, 0.717) is 10.8 Å². The summed E-state index contributed by atoms with van der Waals surface area (Å²) in [5.74, 6) is -0.553. The lowest BCUT2D eigenvalue weighted by Crippen LogP contribution is -2.21. The number of hydrogen-bond donors (Lipinski definition) is 1.